The second kappa shape index (κ2) is 26.7. The molecule has 3 aromatic carbocycles. The Bertz CT molecular complexity index is 3600. The Morgan fingerprint density at radius 2 is 1.42 bits per heavy atom. The van der Waals surface area contributed by atoms with Crippen LogP contribution in [0.5, 0.6) is 17.6 Å². The van der Waals surface area contributed by atoms with Gasteiger partial charge in [-0.25, -0.2) is 63.6 Å². The number of amides is 2. The molecule has 1 aliphatic rings. The first-order valence-electron chi connectivity index (χ1n) is 22.9. The first-order chi connectivity index (χ1) is 37.5. The second-order valence-corrected chi connectivity index (χ2v) is 23.1. The van der Waals surface area contributed by atoms with E-state index >= 15 is 0 Å². The Hall–Kier alpha value is -7.65. The summed E-state index contributed by atoms with van der Waals surface area (Å²) < 4.78 is 140. The van der Waals surface area contributed by atoms with Gasteiger partial charge in [-0.3, -0.25) is 10.1 Å². The number of hydrogen-bond acceptors (Lipinski definition) is 22. The molecule has 0 saturated carbocycles. The van der Waals surface area contributed by atoms with Crippen LogP contribution in [0.15, 0.2) is 75.6 Å². The minimum Gasteiger partial charge on any atom is -0.493 e. The first kappa shape index (κ1) is 65.9. The number of sulfone groups is 1. The molecule has 3 heterocycles. The topological polar surface area (TPSA) is 349 Å². The maximum Gasteiger partial charge on any atom is 0.416 e. The Kier molecular flexibility index (Phi) is 21.7. The van der Waals surface area contributed by atoms with Crippen molar-refractivity contribution in [2.45, 2.75) is 62.2 Å². The summed E-state index contributed by atoms with van der Waals surface area (Å²) in [5.74, 6) is -3.72. The normalized spacial score (nSPS) is 14.2. The zero-order valence-electron chi connectivity index (χ0n) is 44.4. The van der Waals surface area contributed by atoms with E-state index in [0.29, 0.717) is 34.1 Å². The molecule has 2 aromatic heterocycles. The summed E-state index contributed by atoms with van der Waals surface area (Å²) in [5, 5.41) is 22.3. The van der Waals surface area contributed by atoms with Gasteiger partial charge in [-0.2, -0.15) is 33.3 Å². The quantitative estimate of drug-likeness (QED) is 0.0516. The number of alkyl halides is 3. The maximum absolute atomic E-state index is 12.9. The molecule has 0 aliphatic carbocycles. The third-order valence-corrected chi connectivity index (χ3v) is 14.5. The highest BCUT2D eigenvalue weighted by atomic mass is 35.5. The van der Waals surface area contributed by atoms with Crippen molar-refractivity contribution in [3.63, 3.8) is 0 Å². The van der Waals surface area contributed by atoms with E-state index in [-0.39, 0.29) is 72.0 Å². The van der Waals surface area contributed by atoms with Gasteiger partial charge in [0, 0.05) is 36.9 Å². The molecular weight excluding hydrogens is 1190 g/mol. The summed E-state index contributed by atoms with van der Waals surface area (Å²) in [6, 6.07) is 10.2. The molecule has 0 radical (unpaired) electrons. The number of esters is 3. The fourth-order valence-corrected chi connectivity index (χ4v) is 9.99. The van der Waals surface area contributed by atoms with Crippen molar-refractivity contribution >= 4 is 100 Å². The van der Waals surface area contributed by atoms with Crippen LogP contribution in [0.1, 0.15) is 70.3 Å². The van der Waals surface area contributed by atoms with E-state index in [1.165, 1.54) is 45.3 Å². The van der Waals surface area contributed by atoms with Gasteiger partial charge < -0.3 is 28.8 Å². The molecule has 0 fully saturated rings. The molecule has 34 heteroatoms. The number of aryl methyl sites for hydroxylation is 2. The number of nitrogens with one attached hydrogen (secondary N) is 3. The first-order valence-corrected chi connectivity index (χ1v) is 28.9. The number of ether oxygens (including phenoxy) is 5. The number of methoxy groups -OCH3 is 3. The smallest absolute Gasteiger partial charge is 0.416 e. The number of benzene rings is 3. The number of aromatic nitrogens is 4. The van der Waals surface area contributed by atoms with Gasteiger partial charge in [0.05, 0.1) is 79.3 Å². The number of rotatable bonds is 17. The molecule has 5 aromatic rings. The number of halogens is 5. The van der Waals surface area contributed by atoms with E-state index in [9.17, 15) is 67.5 Å². The highest BCUT2D eigenvalue weighted by molar-refractivity contribution is 7.91. The molecule has 0 bridgehead atoms. The summed E-state index contributed by atoms with van der Waals surface area (Å²) in [6.45, 7) is 6.64. The molecule has 1 atom stereocenters. The highest BCUT2D eigenvalue weighted by Gasteiger charge is 2.49. The molecule has 440 valence electrons. The van der Waals surface area contributed by atoms with Crippen LogP contribution in [0.3, 0.4) is 0 Å². The summed E-state index contributed by atoms with van der Waals surface area (Å²) in [7, 11) is -7.28. The van der Waals surface area contributed by atoms with E-state index in [2.05, 4.69) is 34.9 Å². The van der Waals surface area contributed by atoms with Crippen LogP contribution < -0.4 is 29.2 Å². The van der Waals surface area contributed by atoms with Crippen molar-refractivity contribution in [3.05, 3.63) is 104 Å². The zero-order chi connectivity index (χ0) is 61.2. The second-order valence-electron chi connectivity index (χ2n) is 16.8. The molecule has 4 N–H and O–H groups in total. The number of carbonyl (C=O) groups is 5. The number of aromatic hydroxyl groups is 1. The van der Waals surface area contributed by atoms with Crippen molar-refractivity contribution in [3.8, 4) is 17.6 Å². The van der Waals surface area contributed by atoms with Gasteiger partial charge in [-0.1, -0.05) is 29.3 Å². The van der Waals surface area contributed by atoms with Crippen molar-refractivity contribution in [2.75, 3.05) is 57.4 Å². The lowest BCUT2D eigenvalue weighted by atomic mass is 9.95. The van der Waals surface area contributed by atoms with Crippen LogP contribution in [0.4, 0.5) is 29.6 Å². The van der Waals surface area contributed by atoms with Gasteiger partial charge in [0.15, 0.2) is 15.4 Å². The van der Waals surface area contributed by atoms with Gasteiger partial charge in [0.2, 0.25) is 39.4 Å². The van der Waals surface area contributed by atoms with Gasteiger partial charge in [-0.15, -0.1) is 0 Å². The Balaban J connectivity index is 0.000000266. The number of nitrogens with zero attached hydrogens (tertiary/aromatic N) is 6. The fraction of sp³-hybridized carbons (Fsp3) is 0.340. The van der Waals surface area contributed by atoms with Gasteiger partial charge in [0.25, 0.3) is 10.0 Å². The molecule has 0 saturated heterocycles. The lowest BCUT2D eigenvalue weighted by molar-refractivity contribution is -0.148. The van der Waals surface area contributed by atoms with Crippen molar-refractivity contribution in [1.82, 2.24) is 29.2 Å². The van der Waals surface area contributed by atoms with Crippen molar-refractivity contribution < 1.29 is 91.2 Å². The molecule has 26 nitrogen and oxygen atoms in total. The molecule has 1 unspecified atom stereocenters. The number of hydrogen-bond donors (Lipinski definition) is 4. The minimum atomic E-state index is -4.76. The summed E-state index contributed by atoms with van der Waals surface area (Å²) in [4.78, 5) is 67.8. The Labute approximate surface area is 471 Å². The number of sulfonamides is 2. The maximum atomic E-state index is 12.9. The molecular formula is C47H52Cl2F3N9O17S3. The summed E-state index contributed by atoms with van der Waals surface area (Å²) in [5.41, 5.74) is -2.57. The zero-order valence-corrected chi connectivity index (χ0v) is 48.3. The number of hydrazone groups is 1. The number of urea groups is 1. The van der Waals surface area contributed by atoms with Crippen LogP contribution in [0, 0.1) is 6.92 Å². The van der Waals surface area contributed by atoms with Crippen LogP contribution >= 0.6 is 23.2 Å². The van der Waals surface area contributed by atoms with E-state index in [1.807, 2.05) is 0 Å². The van der Waals surface area contributed by atoms with Gasteiger partial charge in [-0.05, 0) is 81.8 Å². The van der Waals surface area contributed by atoms with Gasteiger partial charge in [0.1, 0.15) is 16.2 Å². The van der Waals surface area contributed by atoms with E-state index in [0.717, 1.165) is 36.2 Å². The van der Waals surface area contributed by atoms with Crippen LogP contribution in [0.2, 0.25) is 10.0 Å². The summed E-state index contributed by atoms with van der Waals surface area (Å²) in [6.07, 6.45) is -3.07. The van der Waals surface area contributed by atoms with E-state index in [4.69, 9.17) is 42.1 Å². The fourth-order valence-electron chi connectivity index (χ4n) is 7.02. The van der Waals surface area contributed by atoms with Crippen molar-refractivity contribution in [1.29, 1.82) is 0 Å². The largest absolute Gasteiger partial charge is 0.493 e. The number of ketones is 1. The van der Waals surface area contributed by atoms with Crippen LogP contribution in [-0.4, -0.2) is 138 Å². The average molecular weight is 1240 g/mol. The monoisotopic (exact) mass is 1240 g/mol. The Morgan fingerprint density at radius 3 is 1.93 bits per heavy atom. The Morgan fingerprint density at radius 1 is 0.815 bits per heavy atom. The SMILES string of the molecule is CCOC(=O)C1=NN(c2ccc(Cl)cc2Cl)C(C)(C(=O)OCC)C1.COC(=O)c1ccc(CNS(C)(=O)=O)cc1S(=O)(=O)NC(=O)Nc1nc(OC)cc(OC)n1.Cc1nn(C)c(O)c1C(=O)c1ccc(C(F)(F)F)cc1S(C)(=O)=O. The molecule has 1 aliphatic heterocycles. The van der Waals surface area contributed by atoms with E-state index < -0.39 is 98.1 Å². The lowest BCUT2D eigenvalue weighted by Crippen LogP contribution is -2.48. The minimum absolute atomic E-state index is 0.0408. The van der Waals surface area contributed by atoms with Crippen molar-refractivity contribution in [2.24, 2.45) is 12.1 Å². The lowest BCUT2D eigenvalue weighted by Gasteiger charge is -2.32. The molecule has 6 rings (SSSR count). The molecule has 0 spiro atoms. The third kappa shape index (κ3) is 16.9. The number of carbonyl (C=O) groups excluding carboxylic acids is 5. The van der Waals surface area contributed by atoms with Crippen LogP contribution in [-0.2, 0) is 73.5 Å². The molecule has 81 heavy (non-hydrogen) atoms. The predicted molar refractivity (Wildman–Crippen MR) is 284 cm³/mol. The highest BCUT2D eigenvalue weighted by Crippen LogP contribution is 2.40. The van der Waals surface area contributed by atoms with Gasteiger partial charge >= 0.3 is 30.1 Å². The van der Waals surface area contributed by atoms with E-state index in [1.54, 1.807) is 43.7 Å². The predicted octanol–water partition coefficient (Wildman–Crippen LogP) is 5.37. The summed E-state index contributed by atoms with van der Waals surface area (Å²) >= 11 is 12.2. The molecule has 2 amide bonds. The van der Waals surface area contributed by atoms with Crippen LogP contribution in [0.25, 0.3) is 0 Å². The standard InChI is InChI=1S/C17H21N5O9S2.C16H18Cl2N2O4.C14H13F3N2O4S/c1-29-13-8-14(30-2)20-16(19-13)21-17(24)22-33(27,28)12-7-10(9-18-32(4,25)26)5-6-11(12)15(23)31-3;1-4-23-14(21)12-9-16(3,15(22)24-5-2)20(19-12)13-7-6-10(17)8-11(13)18;1-7-11(13(21)19(2)18-7)12(20)9-5-4-8(14(15,16)17)6-10(9)24(3,22)23/h5-8,18H,9H2,1-4H3,(H2,19,20,21,22,24);6-8H,4-5,9H2,1-3H3;4-6,21H,1-3H3. The number of anilines is 2. The third-order valence-electron chi connectivity index (χ3n) is 10.8. The average Bonchev–Trinajstić information content (AvgIpc) is 4.05.